The average molecular weight is 306 g/mol. The van der Waals surface area contributed by atoms with Crippen molar-refractivity contribution in [1.82, 2.24) is 4.90 Å². The Bertz CT molecular complexity index is 529. The Balaban J connectivity index is 1.92. The van der Waals surface area contributed by atoms with Gasteiger partial charge in [0.1, 0.15) is 0 Å². The van der Waals surface area contributed by atoms with Crippen LogP contribution in [0.25, 0.3) is 0 Å². The molecule has 1 aromatic carbocycles. The summed E-state index contributed by atoms with van der Waals surface area (Å²) >= 11 is 0. The maximum Gasteiger partial charge on any atom is 0.313 e. The van der Waals surface area contributed by atoms with Gasteiger partial charge in [-0.05, 0) is 30.5 Å². The number of aryl methyl sites for hydroxylation is 1. The van der Waals surface area contributed by atoms with Crippen molar-refractivity contribution in [2.75, 3.05) is 18.4 Å². The van der Waals surface area contributed by atoms with Crippen molar-refractivity contribution in [3.8, 4) is 0 Å². The topological polar surface area (TPSA) is 89.9 Å². The molecule has 1 aromatic rings. The number of carbonyl (C=O) groups is 2. The smallest absolute Gasteiger partial charge is 0.313 e. The van der Waals surface area contributed by atoms with Crippen LogP contribution in [0.4, 0.5) is 5.69 Å². The quantitative estimate of drug-likeness (QED) is 0.711. The molecule has 0 aromatic heterocycles. The third kappa shape index (κ3) is 4.05. The van der Waals surface area contributed by atoms with Crippen molar-refractivity contribution < 1.29 is 19.8 Å². The van der Waals surface area contributed by atoms with Crippen LogP contribution in [-0.2, 0) is 16.0 Å². The largest absolute Gasteiger partial charge is 0.390 e. The summed E-state index contributed by atoms with van der Waals surface area (Å²) in [6, 6.07) is 7.38. The van der Waals surface area contributed by atoms with Crippen LogP contribution in [0.5, 0.6) is 0 Å². The number of hydrogen-bond donors (Lipinski definition) is 3. The van der Waals surface area contributed by atoms with Crippen molar-refractivity contribution in [3.63, 3.8) is 0 Å². The highest BCUT2D eigenvalue weighted by molar-refractivity contribution is 6.39. The van der Waals surface area contributed by atoms with Crippen molar-refractivity contribution in [1.29, 1.82) is 0 Å². The molecule has 2 amide bonds. The summed E-state index contributed by atoms with van der Waals surface area (Å²) in [5, 5.41) is 21.6. The summed E-state index contributed by atoms with van der Waals surface area (Å²) in [7, 11) is 0. The normalized spacial score (nSPS) is 21.5. The van der Waals surface area contributed by atoms with Gasteiger partial charge < -0.3 is 20.4 Å². The number of amides is 2. The molecule has 1 saturated heterocycles. The number of nitrogens with one attached hydrogen (secondary N) is 1. The molecule has 2 rings (SSSR count). The highest BCUT2D eigenvalue weighted by Crippen LogP contribution is 2.13. The molecule has 1 fully saturated rings. The zero-order valence-electron chi connectivity index (χ0n) is 12.7. The molecule has 1 aliphatic rings. The van der Waals surface area contributed by atoms with Gasteiger partial charge in [0.2, 0.25) is 0 Å². The Morgan fingerprint density at radius 3 is 2.50 bits per heavy atom. The van der Waals surface area contributed by atoms with E-state index in [1.807, 2.05) is 12.1 Å². The number of nitrogens with zero attached hydrogens (tertiary/aromatic N) is 1. The molecule has 0 aliphatic carbocycles. The van der Waals surface area contributed by atoms with E-state index in [1.165, 1.54) is 10.5 Å². The Kier molecular flexibility index (Phi) is 5.51. The number of likely N-dealkylation sites (tertiary alicyclic amines) is 1. The molecule has 1 aliphatic heterocycles. The van der Waals surface area contributed by atoms with E-state index in [0.717, 1.165) is 12.8 Å². The zero-order chi connectivity index (χ0) is 16.1. The molecule has 2 atom stereocenters. The molecular weight excluding hydrogens is 284 g/mol. The van der Waals surface area contributed by atoms with Gasteiger partial charge >= 0.3 is 11.8 Å². The van der Waals surface area contributed by atoms with E-state index in [9.17, 15) is 19.8 Å². The lowest BCUT2D eigenvalue weighted by molar-refractivity contribution is -0.147. The van der Waals surface area contributed by atoms with Crippen molar-refractivity contribution >= 4 is 17.5 Å². The monoisotopic (exact) mass is 306 g/mol. The number of benzene rings is 1. The predicted molar refractivity (Wildman–Crippen MR) is 82.3 cm³/mol. The maximum absolute atomic E-state index is 12.0. The second-order valence-electron chi connectivity index (χ2n) is 5.58. The van der Waals surface area contributed by atoms with Gasteiger partial charge in [-0.2, -0.15) is 0 Å². The minimum Gasteiger partial charge on any atom is -0.390 e. The first-order valence-corrected chi connectivity index (χ1v) is 7.56. The Morgan fingerprint density at radius 2 is 1.91 bits per heavy atom. The van der Waals surface area contributed by atoms with Gasteiger partial charge in [0.25, 0.3) is 0 Å². The second kappa shape index (κ2) is 7.38. The summed E-state index contributed by atoms with van der Waals surface area (Å²) in [6.45, 7) is 2.33. The molecule has 120 valence electrons. The minimum absolute atomic E-state index is 0.0249. The summed E-state index contributed by atoms with van der Waals surface area (Å²) in [5.74, 6) is -1.42. The van der Waals surface area contributed by atoms with E-state index < -0.39 is 24.0 Å². The van der Waals surface area contributed by atoms with E-state index in [1.54, 1.807) is 12.1 Å². The third-order valence-corrected chi connectivity index (χ3v) is 3.78. The van der Waals surface area contributed by atoms with Gasteiger partial charge in [-0.3, -0.25) is 9.59 Å². The number of anilines is 1. The van der Waals surface area contributed by atoms with Crippen LogP contribution in [-0.4, -0.2) is 52.2 Å². The predicted octanol–water partition coefficient (Wildman–Crippen LogP) is 0.532. The van der Waals surface area contributed by atoms with Crippen LogP contribution < -0.4 is 5.32 Å². The number of hydrogen-bond acceptors (Lipinski definition) is 4. The molecule has 6 heteroatoms. The molecule has 0 bridgehead atoms. The van der Waals surface area contributed by atoms with Crippen LogP contribution in [0.2, 0.25) is 0 Å². The number of aliphatic hydroxyl groups is 2. The lowest BCUT2D eigenvalue weighted by Gasteiger charge is -2.32. The van der Waals surface area contributed by atoms with Gasteiger partial charge in [0.05, 0.1) is 12.2 Å². The van der Waals surface area contributed by atoms with Gasteiger partial charge in [-0.25, -0.2) is 0 Å². The van der Waals surface area contributed by atoms with E-state index in [0.29, 0.717) is 5.69 Å². The molecule has 0 saturated carbocycles. The fourth-order valence-electron chi connectivity index (χ4n) is 2.48. The van der Waals surface area contributed by atoms with Gasteiger partial charge in [0, 0.05) is 18.8 Å². The Labute approximate surface area is 129 Å². The highest BCUT2D eigenvalue weighted by Gasteiger charge is 2.31. The second-order valence-corrected chi connectivity index (χ2v) is 5.58. The first-order chi connectivity index (χ1) is 10.5. The van der Waals surface area contributed by atoms with E-state index in [4.69, 9.17) is 0 Å². The Morgan fingerprint density at radius 1 is 1.23 bits per heavy atom. The number of piperidine rings is 1. The molecule has 0 radical (unpaired) electrons. The first kappa shape index (κ1) is 16.5. The number of β-amino-alcohol motifs (C(OH)–C–C–N with tert-alkyl or cyclic N) is 1. The minimum atomic E-state index is -1.00. The molecule has 3 N–H and O–H groups in total. The van der Waals surface area contributed by atoms with E-state index in [-0.39, 0.29) is 19.5 Å². The molecular formula is C16H22N2O4. The van der Waals surface area contributed by atoms with Crippen LogP contribution >= 0.6 is 0 Å². The SMILES string of the molecule is CCCc1ccc(NC(=O)C(=O)N2CC[C@@H](O)[C@@H](O)C2)cc1. The number of carbonyl (C=O) groups excluding carboxylic acids is 2. The lowest BCUT2D eigenvalue weighted by atomic mass is 10.1. The molecule has 0 spiro atoms. The Hall–Kier alpha value is -1.92. The molecule has 22 heavy (non-hydrogen) atoms. The van der Waals surface area contributed by atoms with Crippen LogP contribution in [0.15, 0.2) is 24.3 Å². The standard InChI is InChI=1S/C16H22N2O4/c1-2-3-11-4-6-12(7-5-11)17-15(21)16(22)18-9-8-13(19)14(20)10-18/h4-7,13-14,19-20H,2-3,8-10H2,1H3,(H,17,21)/t13-,14+/m1/s1. The van der Waals surface area contributed by atoms with Crippen LogP contribution in [0, 0.1) is 0 Å². The van der Waals surface area contributed by atoms with Crippen molar-refractivity contribution in [2.45, 2.75) is 38.4 Å². The summed E-state index contributed by atoms with van der Waals surface area (Å²) in [5.41, 5.74) is 1.75. The van der Waals surface area contributed by atoms with Crippen molar-refractivity contribution in [2.24, 2.45) is 0 Å². The highest BCUT2D eigenvalue weighted by atomic mass is 16.3. The maximum atomic E-state index is 12.0. The fraction of sp³-hybridized carbons (Fsp3) is 0.500. The van der Waals surface area contributed by atoms with Gasteiger partial charge in [-0.15, -0.1) is 0 Å². The fourth-order valence-corrected chi connectivity index (χ4v) is 2.48. The third-order valence-electron chi connectivity index (χ3n) is 3.78. The number of aliphatic hydroxyl groups excluding tert-OH is 2. The summed E-state index contributed by atoms with van der Waals surface area (Å²) in [4.78, 5) is 25.3. The number of rotatable bonds is 3. The van der Waals surface area contributed by atoms with Crippen LogP contribution in [0.1, 0.15) is 25.3 Å². The summed E-state index contributed by atoms with van der Waals surface area (Å²) < 4.78 is 0. The molecule has 6 nitrogen and oxygen atoms in total. The van der Waals surface area contributed by atoms with E-state index >= 15 is 0 Å². The first-order valence-electron chi connectivity index (χ1n) is 7.56. The summed E-state index contributed by atoms with van der Waals surface area (Å²) in [6.07, 6.45) is 0.456. The zero-order valence-corrected chi connectivity index (χ0v) is 12.7. The van der Waals surface area contributed by atoms with Gasteiger partial charge in [0.15, 0.2) is 0 Å². The lowest BCUT2D eigenvalue weighted by Crippen LogP contribution is -2.51. The van der Waals surface area contributed by atoms with Crippen molar-refractivity contribution in [3.05, 3.63) is 29.8 Å². The molecule has 0 unspecified atom stereocenters. The van der Waals surface area contributed by atoms with Crippen LogP contribution in [0.3, 0.4) is 0 Å². The molecule has 1 heterocycles. The van der Waals surface area contributed by atoms with E-state index in [2.05, 4.69) is 12.2 Å². The average Bonchev–Trinajstić information content (AvgIpc) is 2.51. The van der Waals surface area contributed by atoms with Gasteiger partial charge in [-0.1, -0.05) is 25.5 Å².